The molecule has 4 saturated carbocycles. The van der Waals surface area contributed by atoms with Gasteiger partial charge in [0.2, 0.25) is 0 Å². The molecule has 4 aliphatic carbocycles. The second kappa shape index (κ2) is 8.08. The molecule has 164 valence electrons. The van der Waals surface area contributed by atoms with E-state index < -0.39 is 0 Å². The maximum Gasteiger partial charge on any atom is 0.120 e. The van der Waals surface area contributed by atoms with Crippen LogP contribution in [0.1, 0.15) is 83.6 Å². The molecule has 30 heavy (non-hydrogen) atoms. The normalized spacial score (nSPS) is 45.3. The first-order valence-corrected chi connectivity index (χ1v) is 12.6. The lowest BCUT2D eigenvalue weighted by Gasteiger charge is -2.61. The van der Waals surface area contributed by atoms with Gasteiger partial charge < -0.3 is 9.53 Å². The third-order valence-corrected chi connectivity index (χ3v) is 10.5. The van der Waals surface area contributed by atoms with Gasteiger partial charge in [-0.05, 0) is 104 Å². The molecule has 1 aromatic carbocycles. The molecule has 8 atom stereocenters. The van der Waals surface area contributed by atoms with Crippen molar-refractivity contribution in [2.75, 3.05) is 0 Å². The van der Waals surface area contributed by atoms with Crippen molar-refractivity contribution in [3.8, 4) is 0 Å². The zero-order valence-electron chi connectivity index (χ0n) is 19.0. The van der Waals surface area contributed by atoms with Gasteiger partial charge in [-0.3, -0.25) is 0 Å². The molecule has 0 bridgehead atoms. The van der Waals surface area contributed by atoms with E-state index in [-0.39, 0.29) is 0 Å². The standard InChI is InChI=1S/C28H40O2/c1-27-16-13-26-24(25(27)11-9-21(27)14-17-29)10-8-22-18-23(12-15-28(22,26)2)30-19-20-6-4-3-5-7-20/h3-7,17,21-26H,8-16,18-19H2,1-2H3/t21?,22-,23?,24+,25?,26?,27-,28+/m1/s1. The number of hydrogen-bond acceptors (Lipinski definition) is 2. The van der Waals surface area contributed by atoms with E-state index in [1.54, 1.807) is 0 Å². The lowest BCUT2D eigenvalue weighted by Crippen LogP contribution is -2.54. The molecule has 0 amide bonds. The first kappa shape index (κ1) is 20.7. The van der Waals surface area contributed by atoms with Crippen molar-refractivity contribution in [1.82, 2.24) is 0 Å². The molecular formula is C28H40O2. The summed E-state index contributed by atoms with van der Waals surface area (Å²) in [6, 6.07) is 10.6. The number of fused-ring (bicyclic) bond motifs is 5. The van der Waals surface area contributed by atoms with Crippen LogP contribution in [0.15, 0.2) is 30.3 Å². The number of aldehydes is 1. The molecule has 4 aliphatic rings. The second-order valence-electron chi connectivity index (χ2n) is 11.6. The molecule has 0 heterocycles. The van der Waals surface area contributed by atoms with Crippen LogP contribution in [-0.2, 0) is 16.1 Å². The summed E-state index contributed by atoms with van der Waals surface area (Å²) in [5.74, 6) is 4.16. The average molecular weight is 409 g/mol. The molecule has 2 heteroatoms. The van der Waals surface area contributed by atoms with Crippen LogP contribution in [0.25, 0.3) is 0 Å². The van der Waals surface area contributed by atoms with Crippen molar-refractivity contribution < 1.29 is 9.53 Å². The summed E-state index contributed by atoms with van der Waals surface area (Å²) in [5, 5.41) is 0. The van der Waals surface area contributed by atoms with Crippen LogP contribution >= 0.6 is 0 Å². The number of ether oxygens (including phenoxy) is 1. The summed E-state index contributed by atoms with van der Waals surface area (Å²) in [5.41, 5.74) is 2.24. The molecule has 0 saturated heterocycles. The molecule has 0 spiro atoms. The van der Waals surface area contributed by atoms with Crippen LogP contribution in [0.3, 0.4) is 0 Å². The first-order valence-electron chi connectivity index (χ1n) is 12.6. The predicted molar refractivity (Wildman–Crippen MR) is 121 cm³/mol. The van der Waals surface area contributed by atoms with Crippen molar-refractivity contribution in [3.63, 3.8) is 0 Å². The van der Waals surface area contributed by atoms with Gasteiger partial charge in [0.1, 0.15) is 6.29 Å². The maximum absolute atomic E-state index is 11.3. The molecule has 0 radical (unpaired) electrons. The number of hydrogen-bond donors (Lipinski definition) is 0. The zero-order chi connectivity index (χ0) is 20.8. The van der Waals surface area contributed by atoms with E-state index >= 15 is 0 Å². The van der Waals surface area contributed by atoms with Crippen molar-refractivity contribution in [1.29, 1.82) is 0 Å². The highest BCUT2D eigenvalue weighted by molar-refractivity contribution is 5.50. The third kappa shape index (κ3) is 3.38. The molecule has 4 unspecified atom stereocenters. The van der Waals surface area contributed by atoms with E-state index in [1.165, 1.54) is 69.6 Å². The van der Waals surface area contributed by atoms with Gasteiger partial charge in [0, 0.05) is 6.42 Å². The Bertz CT molecular complexity index is 744. The number of carbonyl (C=O) groups excluding carboxylic acids is 1. The SMILES string of the molecule is C[C@]12CCC3[C@@H](CC[C@@H]4CC(OCc5ccccc5)CC[C@]34C)C1CCC2CC=O. The van der Waals surface area contributed by atoms with Gasteiger partial charge in [-0.25, -0.2) is 0 Å². The summed E-state index contributed by atoms with van der Waals surface area (Å²) in [6.07, 6.45) is 14.5. The minimum absolute atomic E-state index is 0.432. The van der Waals surface area contributed by atoms with Gasteiger partial charge in [0.05, 0.1) is 12.7 Å². The zero-order valence-corrected chi connectivity index (χ0v) is 19.0. The number of carbonyl (C=O) groups is 1. The van der Waals surface area contributed by atoms with E-state index in [4.69, 9.17) is 4.74 Å². The fraction of sp³-hybridized carbons (Fsp3) is 0.750. The molecule has 0 aromatic heterocycles. The molecular weight excluding hydrogens is 368 g/mol. The van der Waals surface area contributed by atoms with E-state index in [1.807, 2.05) is 0 Å². The van der Waals surface area contributed by atoms with Gasteiger partial charge in [0.15, 0.2) is 0 Å². The van der Waals surface area contributed by atoms with Gasteiger partial charge in [-0.15, -0.1) is 0 Å². The minimum Gasteiger partial charge on any atom is -0.374 e. The average Bonchev–Trinajstić information content (AvgIpc) is 3.09. The summed E-state index contributed by atoms with van der Waals surface area (Å²) in [6.45, 7) is 5.94. The van der Waals surface area contributed by atoms with E-state index in [0.29, 0.717) is 22.9 Å². The quantitative estimate of drug-likeness (QED) is 0.500. The highest BCUT2D eigenvalue weighted by atomic mass is 16.5. The topological polar surface area (TPSA) is 26.3 Å². The summed E-state index contributed by atoms with van der Waals surface area (Å²) >= 11 is 0. The van der Waals surface area contributed by atoms with E-state index in [2.05, 4.69) is 44.2 Å². The van der Waals surface area contributed by atoms with E-state index in [0.717, 1.165) is 36.7 Å². The van der Waals surface area contributed by atoms with Gasteiger partial charge in [-0.2, -0.15) is 0 Å². The Labute approximate surface area is 183 Å². The molecule has 4 fully saturated rings. The summed E-state index contributed by atoms with van der Waals surface area (Å²) < 4.78 is 6.39. The highest BCUT2D eigenvalue weighted by Crippen LogP contribution is 2.67. The third-order valence-electron chi connectivity index (χ3n) is 10.5. The molecule has 1 aromatic rings. The van der Waals surface area contributed by atoms with Gasteiger partial charge >= 0.3 is 0 Å². The van der Waals surface area contributed by atoms with Crippen molar-refractivity contribution >= 4 is 6.29 Å². The van der Waals surface area contributed by atoms with Crippen LogP contribution in [0, 0.1) is 40.4 Å². The van der Waals surface area contributed by atoms with Crippen LogP contribution in [0.4, 0.5) is 0 Å². The Kier molecular flexibility index (Phi) is 5.58. The molecule has 0 N–H and O–H groups in total. The monoisotopic (exact) mass is 408 g/mol. The number of rotatable bonds is 5. The van der Waals surface area contributed by atoms with E-state index in [9.17, 15) is 4.79 Å². The predicted octanol–water partition coefficient (Wildman–Crippen LogP) is 6.82. The van der Waals surface area contributed by atoms with Crippen molar-refractivity contribution in [3.05, 3.63) is 35.9 Å². The van der Waals surface area contributed by atoms with Crippen LogP contribution in [0.2, 0.25) is 0 Å². The molecule has 5 rings (SSSR count). The van der Waals surface area contributed by atoms with Crippen molar-refractivity contribution in [2.45, 2.75) is 90.8 Å². The Morgan fingerprint density at radius 3 is 2.50 bits per heavy atom. The minimum atomic E-state index is 0.432. The lowest BCUT2D eigenvalue weighted by molar-refractivity contribution is -0.137. The fourth-order valence-corrected chi connectivity index (χ4v) is 8.77. The van der Waals surface area contributed by atoms with Crippen LogP contribution < -0.4 is 0 Å². The van der Waals surface area contributed by atoms with Crippen LogP contribution in [-0.4, -0.2) is 12.4 Å². The largest absolute Gasteiger partial charge is 0.374 e. The smallest absolute Gasteiger partial charge is 0.120 e. The molecule has 0 aliphatic heterocycles. The summed E-state index contributed by atoms with van der Waals surface area (Å²) in [4.78, 5) is 11.3. The van der Waals surface area contributed by atoms with Gasteiger partial charge in [-0.1, -0.05) is 44.2 Å². The Morgan fingerprint density at radius 1 is 0.933 bits per heavy atom. The fourth-order valence-electron chi connectivity index (χ4n) is 8.77. The lowest BCUT2D eigenvalue weighted by atomic mass is 9.44. The second-order valence-corrected chi connectivity index (χ2v) is 11.6. The Morgan fingerprint density at radius 2 is 1.70 bits per heavy atom. The first-order chi connectivity index (χ1) is 14.5. The number of benzene rings is 1. The highest BCUT2D eigenvalue weighted by Gasteiger charge is 2.59. The molecule has 2 nitrogen and oxygen atoms in total. The van der Waals surface area contributed by atoms with Gasteiger partial charge in [0.25, 0.3) is 0 Å². The summed E-state index contributed by atoms with van der Waals surface area (Å²) in [7, 11) is 0. The van der Waals surface area contributed by atoms with Crippen LogP contribution in [0.5, 0.6) is 0 Å². The Hall–Kier alpha value is -1.15. The Balaban J connectivity index is 1.25. The van der Waals surface area contributed by atoms with Crippen molar-refractivity contribution in [2.24, 2.45) is 40.4 Å². The maximum atomic E-state index is 11.3.